The summed E-state index contributed by atoms with van der Waals surface area (Å²) in [4.78, 5) is 12.5. The summed E-state index contributed by atoms with van der Waals surface area (Å²) in [5.74, 6) is 0.738. The molecule has 0 atom stereocenters. The Labute approximate surface area is 125 Å². The van der Waals surface area contributed by atoms with Crippen LogP contribution in [0.2, 0.25) is 0 Å². The molecular formula is C16H14FN3O2. The van der Waals surface area contributed by atoms with Crippen LogP contribution < -0.4 is 5.56 Å². The molecule has 0 spiro atoms. The number of aromatic nitrogens is 3. The molecule has 1 aromatic carbocycles. The van der Waals surface area contributed by atoms with E-state index >= 15 is 0 Å². The number of rotatable bonds is 3. The molecule has 5 nitrogen and oxygen atoms in total. The molecule has 1 aliphatic carbocycles. The van der Waals surface area contributed by atoms with Crippen LogP contribution in [0.25, 0.3) is 22.2 Å². The molecule has 4 rings (SSSR count). The highest BCUT2D eigenvalue weighted by atomic mass is 19.1. The maximum absolute atomic E-state index is 13.2. The quantitative estimate of drug-likeness (QED) is 0.746. The van der Waals surface area contributed by atoms with Crippen LogP contribution >= 0.6 is 0 Å². The van der Waals surface area contributed by atoms with E-state index in [0.717, 1.165) is 18.4 Å². The van der Waals surface area contributed by atoms with E-state index in [2.05, 4.69) is 10.3 Å². The Kier molecular flexibility index (Phi) is 2.85. The van der Waals surface area contributed by atoms with Crippen LogP contribution in [0.3, 0.4) is 0 Å². The first-order valence-electron chi connectivity index (χ1n) is 7.26. The average molecular weight is 299 g/mol. The zero-order valence-electron chi connectivity index (χ0n) is 12.0. The minimum absolute atomic E-state index is 0.232. The van der Waals surface area contributed by atoms with Gasteiger partial charge in [-0.2, -0.15) is 5.10 Å². The molecule has 0 radical (unpaired) electrons. The first-order chi connectivity index (χ1) is 10.6. The van der Waals surface area contributed by atoms with Crippen LogP contribution in [-0.4, -0.2) is 14.9 Å². The number of halogens is 1. The lowest BCUT2D eigenvalue weighted by molar-refractivity contribution is 0.404. The van der Waals surface area contributed by atoms with Crippen LogP contribution in [0.4, 0.5) is 4.39 Å². The van der Waals surface area contributed by atoms with Gasteiger partial charge in [0.1, 0.15) is 17.3 Å². The highest BCUT2D eigenvalue weighted by Gasteiger charge is 2.25. The molecule has 2 aromatic heterocycles. The first-order valence-corrected chi connectivity index (χ1v) is 7.26. The number of benzene rings is 1. The van der Waals surface area contributed by atoms with Gasteiger partial charge in [0.25, 0.3) is 5.56 Å². The molecule has 22 heavy (non-hydrogen) atoms. The Hall–Kier alpha value is -2.50. The van der Waals surface area contributed by atoms with Crippen molar-refractivity contribution in [3.63, 3.8) is 0 Å². The standard InChI is InChI=1S/C16H14FN3O2/c1-9-13-14(11-4-6-12(17)7-5-11)18-20(8-10-2-3-10)16(21)15(13)19-22-9/h4-7,10H,2-3,8H2,1H3. The van der Waals surface area contributed by atoms with Crippen molar-refractivity contribution < 1.29 is 8.91 Å². The number of nitrogens with zero attached hydrogens (tertiary/aromatic N) is 3. The van der Waals surface area contributed by atoms with Gasteiger partial charge in [0, 0.05) is 12.1 Å². The van der Waals surface area contributed by atoms with Gasteiger partial charge < -0.3 is 4.52 Å². The second-order valence-corrected chi connectivity index (χ2v) is 5.75. The van der Waals surface area contributed by atoms with Gasteiger partial charge in [-0.15, -0.1) is 0 Å². The minimum atomic E-state index is -0.312. The van der Waals surface area contributed by atoms with Crippen LogP contribution in [0, 0.1) is 18.7 Å². The summed E-state index contributed by atoms with van der Waals surface area (Å²) in [6, 6.07) is 6.05. The van der Waals surface area contributed by atoms with Crippen molar-refractivity contribution in [1.29, 1.82) is 0 Å². The lowest BCUT2D eigenvalue weighted by atomic mass is 10.1. The monoisotopic (exact) mass is 299 g/mol. The van der Waals surface area contributed by atoms with Gasteiger partial charge in [-0.05, 0) is 49.9 Å². The molecule has 1 aliphatic rings. The summed E-state index contributed by atoms with van der Waals surface area (Å²) in [6.45, 7) is 2.34. The van der Waals surface area contributed by atoms with Crippen LogP contribution in [0.15, 0.2) is 33.6 Å². The molecular weight excluding hydrogens is 285 g/mol. The maximum atomic E-state index is 13.2. The number of fused-ring (bicyclic) bond motifs is 1. The lowest BCUT2D eigenvalue weighted by Crippen LogP contribution is -2.24. The molecule has 112 valence electrons. The van der Waals surface area contributed by atoms with Crippen molar-refractivity contribution in [1.82, 2.24) is 14.9 Å². The lowest BCUT2D eigenvalue weighted by Gasteiger charge is -2.08. The smallest absolute Gasteiger partial charge is 0.296 e. The molecule has 0 N–H and O–H groups in total. The van der Waals surface area contributed by atoms with E-state index in [9.17, 15) is 9.18 Å². The summed E-state index contributed by atoms with van der Waals surface area (Å²) >= 11 is 0. The van der Waals surface area contributed by atoms with Crippen LogP contribution in [0.5, 0.6) is 0 Å². The molecule has 2 heterocycles. The topological polar surface area (TPSA) is 60.9 Å². The molecule has 3 aromatic rings. The normalized spacial score (nSPS) is 14.6. The van der Waals surface area contributed by atoms with E-state index in [4.69, 9.17) is 4.52 Å². The van der Waals surface area contributed by atoms with E-state index in [1.54, 1.807) is 19.1 Å². The van der Waals surface area contributed by atoms with E-state index in [-0.39, 0.29) is 16.9 Å². The molecule has 0 aliphatic heterocycles. The summed E-state index contributed by atoms with van der Waals surface area (Å²) in [5.41, 5.74) is 1.40. The second kappa shape index (κ2) is 4.76. The van der Waals surface area contributed by atoms with Gasteiger partial charge in [0.2, 0.25) is 0 Å². The first kappa shape index (κ1) is 13.2. The SMILES string of the molecule is Cc1onc2c(=O)n(CC3CC3)nc(-c3ccc(F)cc3)c12. The van der Waals surface area contributed by atoms with E-state index in [1.807, 2.05) is 0 Å². The molecule has 0 amide bonds. The molecule has 6 heteroatoms. The van der Waals surface area contributed by atoms with Crippen LogP contribution in [-0.2, 0) is 6.54 Å². The molecule has 0 saturated heterocycles. The fraction of sp³-hybridized carbons (Fsp3) is 0.312. The van der Waals surface area contributed by atoms with Crippen molar-refractivity contribution >= 4 is 10.9 Å². The minimum Gasteiger partial charge on any atom is -0.360 e. The van der Waals surface area contributed by atoms with Gasteiger partial charge in [0.05, 0.1) is 5.39 Å². The molecule has 1 saturated carbocycles. The number of aryl methyl sites for hydroxylation is 1. The zero-order valence-corrected chi connectivity index (χ0v) is 12.0. The Bertz CT molecular complexity index is 908. The van der Waals surface area contributed by atoms with Gasteiger partial charge >= 0.3 is 0 Å². The molecule has 1 fully saturated rings. The highest BCUT2D eigenvalue weighted by Crippen LogP contribution is 2.31. The Morgan fingerprint density at radius 2 is 2.05 bits per heavy atom. The summed E-state index contributed by atoms with van der Waals surface area (Å²) < 4.78 is 19.8. The van der Waals surface area contributed by atoms with Crippen molar-refractivity contribution in [2.45, 2.75) is 26.3 Å². The Morgan fingerprint density at radius 3 is 2.73 bits per heavy atom. The van der Waals surface area contributed by atoms with E-state index in [1.165, 1.54) is 16.8 Å². The number of hydrogen-bond donors (Lipinski definition) is 0. The number of hydrogen-bond acceptors (Lipinski definition) is 4. The third-order valence-corrected chi connectivity index (χ3v) is 4.00. The Morgan fingerprint density at radius 1 is 1.32 bits per heavy atom. The molecule has 0 bridgehead atoms. The van der Waals surface area contributed by atoms with Crippen LogP contribution in [0.1, 0.15) is 18.6 Å². The second-order valence-electron chi connectivity index (χ2n) is 5.75. The Balaban J connectivity index is 1.98. The summed E-state index contributed by atoms with van der Waals surface area (Å²) in [7, 11) is 0. The van der Waals surface area contributed by atoms with Gasteiger partial charge in [-0.25, -0.2) is 9.07 Å². The third-order valence-electron chi connectivity index (χ3n) is 4.00. The zero-order chi connectivity index (χ0) is 15.3. The highest BCUT2D eigenvalue weighted by molar-refractivity contribution is 5.92. The maximum Gasteiger partial charge on any atom is 0.296 e. The predicted octanol–water partition coefficient (Wildman–Crippen LogP) is 2.91. The fourth-order valence-corrected chi connectivity index (χ4v) is 2.61. The van der Waals surface area contributed by atoms with Crippen molar-refractivity contribution in [3.05, 3.63) is 46.2 Å². The summed E-state index contributed by atoms with van der Waals surface area (Å²) in [6.07, 6.45) is 2.24. The van der Waals surface area contributed by atoms with Crippen molar-refractivity contribution in [2.75, 3.05) is 0 Å². The molecule has 0 unspecified atom stereocenters. The van der Waals surface area contributed by atoms with Gasteiger partial charge in [-0.3, -0.25) is 4.79 Å². The third kappa shape index (κ3) is 2.11. The fourth-order valence-electron chi connectivity index (χ4n) is 2.61. The van der Waals surface area contributed by atoms with Gasteiger partial charge in [-0.1, -0.05) is 5.16 Å². The van der Waals surface area contributed by atoms with Crippen molar-refractivity contribution in [2.24, 2.45) is 5.92 Å². The van der Waals surface area contributed by atoms with Gasteiger partial charge in [0.15, 0.2) is 5.52 Å². The average Bonchev–Trinajstić information content (AvgIpc) is 3.24. The van der Waals surface area contributed by atoms with Crippen molar-refractivity contribution in [3.8, 4) is 11.3 Å². The summed E-state index contributed by atoms with van der Waals surface area (Å²) in [5, 5.41) is 8.98. The predicted molar refractivity (Wildman–Crippen MR) is 78.9 cm³/mol. The van der Waals surface area contributed by atoms with E-state index in [0.29, 0.717) is 29.3 Å². The largest absolute Gasteiger partial charge is 0.360 e. The van der Waals surface area contributed by atoms with E-state index < -0.39 is 0 Å².